The molecule has 1 saturated heterocycles. The van der Waals surface area contributed by atoms with E-state index >= 15 is 0 Å². The molecule has 1 fully saturated rings. The van der Waals surface area contributed by atoms with Crippen LogP contribution in [0.25, 0.3) is 0 Å². The Kier molecular flexibility index (Phi) is 4.62. The number of anilines is 2. The molecule has 0 saturated carbocycles. The van der Waals surface area contributed by atoms with Crippen molar-refractivity contribution in [2.24, 2.45) is 0 Å². The molecule has 1 aliphatic rings. The van der Waals surface area contributed by atoms with E-state index < -0.39 is 0 Å². The van der Waals surface area contributed by atoms with Gasteiger partial charge in [-0.1, -0.05) is 0 Å². The van der Waals surface area contributed by atoms with Gasteiger partial charge in [-0.15, -0.1) is 0 Å². The molecule has 1 aromatic rings. The molecule has 0 radical (unpaired) electrons. The Labute approximate surface area is 122 Å². The van der Waals surface area contributed by atoms with Crippen LogP contribution in [0, 0.1) is 0 Å². The first kappa shape index (κ1) is 14.5. The maximum Gasteiger partial charge on any atom is 0.146 e. The molecule has 106 valence electrons. The third kappa shape index (κ3) is 3.79. The Morgan fingerprint density at radius 2 is 2.16 bits per heavy atom. The van der Waals surface area contributed by atoms with Gasteiger partial charge >= 0.3 is 0 Å². The Balaban J connectivity index is 2.08. The predicted octanol–water partition coefficient (Wildman–Crippen LogP) is 3.04. The second-order valence-corrected chi connectivity index (χ2v) is 6.15. The van der Waals surface area contributed by atoms with Gasteiger partial charge in [-0.05, 0) is 49.5 Å². The average molecular weight is 329 g/mol. The summed E-state index contributed by atoms with van der Waals surface area (Å²) in [6, 6.07) is 0.379. The highest BCUT2D eigenvalue weighted by molar-refractivity contribution is 9.10. The van der Waals surface area contributed by atoms with Crippen molar-refractivity contribution in [1.29, 1.82) is 0 Å². The molecule has 0 aromatic carbocycles. The van der Waals surface area contributed by atoms with Crippen LogP contribution in [0.2, 0.25) is 0 Å². The van der Waals surface area contributed by atoms with Crippen molar-refractivity contribution in [2.75, 3.05) is 23.8 Å². The van der Waals surface area contributed by atoms with Gasteiger partial charge in [-0.25, -0.2) is 9.97 Å². The van der Waals surface area contributed by atoms with E-state index in [-0.39, 0.29) is 5.60 Å². The van der Waals surface area contributed by atoms with Crippen LogP contribution >= 0.6 is 15.9 Å². The van der Waals surface area contributed by atoms with Crippen molar-refractivity contribution in [1.82, 2.24) is 9.97 Å². The molecular weight excluding hydrogens is 308 g/mol. The van der Waals surface area contributed by atoms with Crippen LogP contribution in [-0.4, -0.2) is 34.8 Å². The van der Waals surface area contributed by atoms with Gasteiger partial charge in [0.15, 0.2) is 0 Å². The third-order valence-corrected chi connectivity index (χ3v) is 3.92. The molecule has 1 aromatic heterocycles. The zero-order valence-corrected chi connectivity index (χ0v) is 13.2. The number of ether oxygens (including phenoxy) is 1. The van der Waals surface area contributed by atoms with Gasteiger partial charge in [0.1, 0.15) is 22.4 Å². The van der Waals surface area contributed by atoms with E-state index in [1.54, 1.807) is 6.33 Å². The molecule has 6 heteroatoms. The highest BCUT2D eigenvalue weighted by Gasteiger charge is 2.29. The summed E-state index contributed by atoms with van der Waals surface area (Å²) >= 11 is 3.56. The van der Waals surface area contributed by atoms with E-state index in [0.29, 0.717) is 6.04 Å². The Morgan fingerprint density at radius 3 is 2.84 bits per heavy atom. The number of nitrogens with one attached hydrogen (secondary N) is 2. The average Bonchev–Trinajstić information content (AvgIpc) is 2.33. The number of hydrogen-bond acceptors (Lipinski definition) is 5. The maximum absolute atomic E-state index is 5.73. The minimum Gasteiger partial charge on any atom is -0.375 e. The van der Waals surface area contributed by atoms with Crippen molar-refractivity contribution in [3.05, 3.63) is 10.8 Å². The van der Waals surface area contributed by atoms with E-state index in [4.69, 9.17) is 4.74 Å². The molecule has 1 atom stereocenters. The van der Waals surface area contributed by atoms with E-state index in [9.17, 15) is 0 Å². The quantitative estimate of drug-likeness (QED) is 0.889. The lowest BCUT2D eigenvalue weighted by atomic mass is 9.94. The normalized spacial score (nSPS) is 22.0. The summed E-state index contributed by atoms with van der Waals surface area (Å²) in [4.78, 5) is 8.53. The molecule has 0 aliphatic carbocycles. The van der Waals surface area contributed by atoms with Gasteiger partial charge in [-0.3, -0.25) is 0 Å². The maximum atomic E-state index is 5.73. The number of aromatic nitrogens is 2. The van der Waals surface area contributed by atoms with Crippen LogP contribution in [0.3, 0.4) is 0 Å². The highest BCUT2D eigenvalue weighted by atomic mass is 79.9. The van der Waals surface area contributed by atoms with Crippen molar-refractivity contribution in [3.8, 4) is 0 Å². The third-order valence-electron chi connectivity index (χ3n) is 3.17. The minimum atomic E-state index is -0.0695. The zero-order valence-electron chi connectivity index (χ0n) is 11.7. The standard InChI is InChI=1S/C13H21BrN4O/c1-4-15-11-10(14)12(17-8-16-11)18-9-5-6-19-13(2,3)7-9/h8-9H,4-7H2,1-3H3,(H2,15,16,17,18). The zero-order chi connectivity index (χ0) is 13.9. The van der Waals surface area contributed by atoms with Gasteiger partial charge in [0.2, 0.25) is 0 Å². The first-order valence-electron chi connectivity index (χ1n) is 6.66. The summed E-state index contributed by atoms with van der Waals surface area (Å²) < 4.78 is 6.62. The molecule has 19 heavy (non-hydrogen) atoms. The molecular formula is C13H21BrN4O. The number of nitrogens with zero attached hydrogens (tertiary/aromatic N) is 2. The molecule has 5 nitrogen and oxygen atoms in total. The van der Waals surface area contributed by atoms with E-state index in [2.05, 4.69) is 50.4 Å². The van der Waals surface area contributed by atoms with Gasteiger partial charge in [0.05, 0.1) is 5.60 Å². The van der Waals surface area contributed by atoms with Crippen LogP contribution in [0.15, 0.2) is 10.8 Å². The van der Waals surface area contributed by atoms with Crippen molar-refractivity contribution in [3.63, 3.8) is 0 Å². The largest absolute Gasteiger partial charge is 0.375 e. The molecule has 1 unspecified atom stereocenters. The second-order valence-electron chi connectivity index (χ2n) is 5.36. The van der Waals surface area contributed by atoms with Crippen LogP contribution in [0.5, 0.6) is 0 Å². The lowest BCUT2D eigenvalue weighted by Crippen LogP contribution is -2.40. The molecule has 0 amide bonds. The fourth-order valence-corrected chi connectivity index (χ4v) is 2.77. The molecule has 1 aliphatic heterocycles. The van der Waals surface area contributed by atoms with E-state index in [1.165, 1.54) is 0 Å². The van der Waals surface area contributed by atoms with Gasteiger partial charge in [0, 0.05) is 19.2 Å². The topological polar surface area (TPSA) is 59.1 Å². The van der Waals surface area contributed by atoms with Crippen molar-refractivity contribution < 1.29 is 4.74 Å². The van der Waals surface area contributed by atoms with E-state index in [1.807, 2.05) is 6.92 Å². The predicted molar refractivity (Wildman–Crippen MR) is 80.6 cm³/mol. The second kappa shape index (κ2) is 6.05. The molecule has 2 heterocycles. The summed E-state index contributed by atoms with van der Waals surface area (Å²) in [6.45, 7) is 7.91. The minimum absolute atomic E-state index is 0.0695. The van der Waals surface area contributed by atoms with Crippen LogP contribution in [-0.2, 0) is 4.74 Å². The fourth-order valence-electron chi connectivity index (χ4n) is 2.31. The summed E-state index contributed by atoms with van der Waals surface area (Å²) in [5.74, 6) is 1.67. The monoisotopic (exact) mass is 328 g/mol. The molecule has 0 spiro atoms. The van der Waals surface area contributed by atoms with Crippen molar-refractivity contribution >= 4 is 27.6 Å². The smallest absolute Gasteiger partial charge is 0.146 e. The Hall–Kier alpha value is -0.880. The number of hydrogen-bond donors (Lipinski definition) is 2. The number of halogens is 1. The first-order valence-corrected chi connectivity index (χ1v) is 7.46. The van der Waals surface area contributed by atoms with E-state index in [0.717, 1.165) is 42.1 Å². The Morgan fingerprint density at radius 1 is 1.42 bits per heavy atom. The Bertz CT molecular complexity index is 439. The molecule has 2 rings (SSSR count). The lowest BCUT2D eigenvalue weighted by Gasteiger charge is -2.36. The fraction of sp³-hybridized carbons (Fsp3) is 0.692. The summed E-state index contributed by atoms with van der Waals surface area (Å²) in [5, 5.41) is 6.69. The van der Waals surface area contributed by atoms with Crippen LogP contribution in [0.1, 0.15) is 33.6 Å². The summed E-state index contributed by atoms with van der Waals surface area (Å²) in [6.07, 6.45) is 3.55. The van der Waals surface area contributed by atoms with Gasteiger partial charge < -0.3 is 15.4 Å². The summed E-state index contributed by atoms with van der Waals surface area (Å²) in [5.41, 5.74) is -0.0695. The number of rotatable bonds is 4. The van der Waals surface area contributed by atoms with Gasteiger partial charge in [0.25, 0.3) is 0 Å². The SMILES string of the molecule is CCNc1ncnc(NC2CCOC(C)(C)C2)c1Br. The molecule has 2 N–H and O–H groups in total. The van der Waals surface area contributed by atoms with Crippen LogP contribution < -0.4 is 10.6 Å². The van der Waals surface area contributed by atoms with Gasteiger partial charge in [-0.2, -0.15) is 0 Å². The summed E-state index contributed by atoms with van der Waals surface area (Å²) in [7, 11) is 0. The van der Waals surface area contributed by atoms with Crippen molar-refractivity contribution in [2.45, 2.75) is 45.3 Å². The lowest BCUT2D eigenvalue weighted by molar-refractivity contribution is -0.0553. The molecule has 0 bridgehead atoms. The first-order chi connectivity index (χ1) is 9.02. The van der Waals surface area contributed by atoms with Crippen LogP contribution in [0.4, 0.5) is 11.6 Å². The highest BCUT2D eigenvalue weighted by Crippen LogP contribution is 2.30.